The maximum atomic E-state index is 5.46. The van der Waals surface area contributed by atoms with Crippen molar-refractivity contribution in [3.63, 3.8) is 0 Å². The van der Waals surface area contributed by atoms with Crippen LogP contribution in [0.2, 0.25) is 0 Å². The Bertz CT molecular complexity index is 737. The molecule has 4 rings (SSSR count). The lowest BCUT2D eigenvalue weighted by Gasteiger charge is -2.30. The Morgan fingerprint density at radius 3 is 2.39 bits per heavy atom. The molecular weight excluding hydrogens is 286 g/mol. The minimum Gasteiger partial charge on any atom is -0.378 e. The highest BCUT2D eigenvalue weighted by Crippen LogP contribution is 2.44. The molecule has 2 heterocycles. The zero-order chi connectivity index (χ0) is 15.8. The maximum Gasteiger partial charge on any atom is 0.110 e. The molecule has 1 saturated heterocycles. The Hall–Kier alpha value is -2.46. The number of hydrogen-bond acceptors (Lipinski definition) is 4. The molecule has 0 aliphatic carbocycles. The molecule has 0 amide bonds. The van der Waals surface area contributed by atoms with Gasteiger partial charge >= 0.3 is 0 Å². The Kier molecular flexibility index (Phi) is 3.46. The molecular formula is C19H21N3O. The first-order valence-electron chi connectivity index (χ1n) is 8.00. The van der Waals surface area contributed by atoms with Crippen LogP contribution >= 0.6 is 0 Å². The lowest BCUT2D eigenvalue weighted by Crippen LogP contribution is -2.36. The van der Waals surface area contributed by atoms with E-state index >= 15 is 0 Å². The summed E-state index contributed by atoms with van der Waals surface area (Å²) >= 11 is 0. The monoisotopic (exact) mass is 307 g/mol. The van der Waals surface area contributed by atoms with Crippen molar-refractivity contribution in [2.24, 2.45) is 0 Å². The second-order valence-electron chi connectivity index (χ2n) is 5.92. The summed E-state index contributed by atoms with van der Waals surface area (Å²) in [5.41, 5.74) is 4.76. The van der Waals surface area contributed by atoms with Gasteiger partial charge in [0.25, 0.3) is 0 Å². The summed E-state index contributed by atoms with van der Waals surface area (Å²) in [5, 5.41) is 0. The van der Waals surface area contributed by atoms with Crippen molar-refractivity contribution in [2.75, 3.05) is 48.1 Å². The van der Waals surface area contributed by atoms with Crippen LogP contribution in [0.25, 0.3) is 0 Å². The van der Waals surface area contributed by atoms with Gasteiger partial charge in [0.15, 0.2) is 0 Å². The van der Waals surface area contributed by atoms with Crippen molar-refractivity contribution < 1.29 is 4.74 Å². The van der Waals surface area contributed by atoms with Gasteiger partial charge in [0.2, 0.25) is 0 Å². The van der Waals surface area contributed by atoms with E-state index in [4.69, 9.17) is 4.74 Å². The molecule has 2 aliphatic rings. The van der Waals surface area contributed by atoms with Crippen molar-refractivity contribution in [3.8, 4) is 0 Å². The fourth-order valence-electron chi connectivity index (χ4n) is 3.30. The predicted molar refractivity (Wildman–Crippen MR) is 95.6 cm³/mol. The first-order valence-corrected chi connectivity index (χ1v) is 8.00. The molecule has 0 radical (unpaired) electrons. The quantitative estimate of drug-likeness (QED) is 0.844. The Morgan fingerprint density at radius 1 is 0.913 bits per heavy atom. The van der Waals surface area contributed by atoms with Crippen LogP contribution < -0.4 is 14.7 Å². The number of ether oxygens (including phenoxy) is 1. The first kappa shape index (κ1) is 14.2. The zero-order valence-electron chi connectivity index (χ0n) is 13.4. The molecule has 0 bridgehead atoms. The van der Waals surface area contributed by atoms with Crippen molar-refractivity contribution >= 4 is 22.7 Å². The summed E-state index contributed by atoms with van der Waals surface area (Å²) in [7, 11) is 2.06. The minimum absolute atomic E-state index is 0.798. The Morgan fingerprint density at radius 2 is 1.61 bits per heavy atom. The van der Waals surface area contributed by atoms with Crippen LogP contribution in [0.15, 0.2) is 60.9 Å². The molecule has 2 aromatic rings. The lowest BCUT2D eigenvalue weighted by molar-refractivity contribution is 0.122. The number of para-hydroxylation sites is 2. The molecule has 4 nitrogen and oxygen atoms in total. The highest BCUT2D eigenvalue weighted by Gasteiger charge is 2.28. The normalized spacial score (nSPS) is 17.6. The molecule has 2 aliphatic heterocycles. The third-order valence-corrected chi connectivity index (χ3v) is 4.59. The second-order valence-corrected chi connectivity index (χ2v) is 5.92. The number of hydrogen-bond donors (Lipinski definition) is 0. The Balaban J connectivity index is 1.72. The molecule has 2 aromatic carbocycles. The van der Waals surface area contributed by atoms with E-state index in [9.17, 15) is 0 Å². The maximum absolute atomic E-state index is 5.46. The SMILES string of the molecule is C=C1N(C)c2ccccc2N1c1cccc(N2CCOCC2)c1. The number of anilines is 4. The smallest absolute Gasteiger partial charge is 0.110 e. The average molecular weight is 307 g/mol. The van der Waals surface area contributed by atoms with E-state index in [1.807, 2.05) is 0 Å². The fraction of sp³-hybridized carbons (Fsp3) is 0.263. The number of nitrogens with zero attached hydrogens (tertiary/aromatic N) is 3. The number of morpholine rings is 1. The number of fused-ring (bicyclic) bond motifs is 1. The molecule has 118 valence electrons. The van der Waals surface area contributed by atoms with E-state index in [1.54, 1.807) is 0 Å². The standard InChI is InChI=1S/C19H21N3O/c1-15-20(2)18-8-3-4-9-19(18)22(15)17-7-5-6-16(14-17)21-10-12-23-13-11-21/h3-9,14H,1,10-13H2,2H3. The largest absolute Gasteiger partial charge is 0.378 e. The number of benzene rings is 2. The number of rotatable bonds is 2. The van der Waals surface area contributed by atoms with Gasteiger partial charge < -0.3 is 14.5 Å². The third-order valence-electron chi connectivity index (χ3n) is 4.59. The second kappa shape index (κ2) is 5.63. The van der Waals surface area contributed by atoms with E-state index in [0.717, 1.165) is 37.8 Å². The minimum atomic E-state index is 0.798. The van der Waals surface area contributed by atoms with Crippen molar-refractivity contribution in [3.05, 3.63) is 60.9 Å². The van der Waals surface area contributed by atoms with Gasteiger partial charge in [-0.25, -0.2) is 0 Å². The van der Waals surface area contributed by atoms with Crippen LogP contribution in [-0.4, -0.2) is 33.4 Å². The van der Waals surface area contributed by atoms with Crippen molar-refractivity contribution in [2.45, 2.75) is 0 Å². The van der Waals surface area contributed by atoms with Crippen molar-refractivity contribution in [1.29, 1.82) is 0 Å². The molecule has 0 N–H and O–H groups in total. The molecule has 1 fully saturated rings. The van der Waals surface area contributed by atoms with E-state index < -0.39 is 0 Å². The summed E-state index contributed by atoms with van der Waals surface area (Å²) in [6.45, 7) is 7.75. The van der Waals surface area contributed by atoms with Crippen LogP contribution in [-0.2, 0) is 4.74 Å². The topological polar surface area (TPSA) is 19.0 Å². The van der Waals surface area contributed by atoms with Gasteiger partial charge in [-0.05, 0) is 30.3 Å². The van der Waals surface area contributed by atoms with Crippen LogP contribution in [0.3, 0.4) is 0 Å². The molecule has 0 aromatic heterocycles. The summed E-state index contributed by atoms with van der Waals surface area (Å²) < 4.78 is 5.46. The van der Waals surface area contributed by atoms with E-state index in [1.165, 1.54) is 17.1 Å². The molecule has 0 spiro atoms. The van der Waals surface area contributed by atoms with E-state index in [2.05, 4.69) is 76.9 Å². The third kappa shape index (κ3) is 2.35. The fourth-order valence-corrected chi connectivity index (χ4v) is 3.30. The summed E-state index contributed by atoms with van der Waals surface area (Å²) in [5.74, 6) is 0.977. The predicted octanol–water partition coefficient (Wildman–Crippen LogP) is 3.58. The molecule has 4 heteroatoms. The molecule has 0 saturated carbocycles. The van der Waals surface area contributed by atoms with Gasteiger partial charge in [-0.15, -0.1) is 0 Å². The summed E-state index contributed by atoms with van der Waals surface area (Å²) in [6, 6.07) is 17.1. The lowest BCUT2D eigenvalue weighted by atomic mass is 10.2. The van der Waals surface area contributed by atoms with E-state index in [-0.39, 0.29) is 0 Å². The Labute approximate surface area is 137 Å². The van der Waals surface area contributed by atoms with Crippen molar-refractivity contribution in [1.82, 2.24) is 0 Å². The molecule has 0 unspecified atom stereocenters. The average Bonchev–Trinajstić information content (AvgIpc) is 2.87. The first-order chi connectivity index (χ1) is 11.3. The van der Waals surface area contributed by atoms with Gasteiger partial charge in [0.05, 0.1) is 24.6 Å². The van der Waals surface area contributed by atoms with Crippen LogP contribution in [0.1, 0.15) is 0 Å². The summed E-state index contributed by atoms with van der Waals surface area (Å²) in [6.07, 6.45) is 0. The molecule has 0 atom stereocenters. The van der Waals surface area contributed by atoms with Gasteiger partial charge in [-0.1, -0.05) is 24.8 Å². The van der Waals surface area contributed by atoms with E-state index in [0.29, 0.717) is 0 Å². The van der Waals surface area contributed by atoms with Crippen LogP contribution in [0.5, 0.6) is 0 Å². The van der Waals surface area contributed by atoms with Gasteiger partial charge in [-0.3, -0.25) is 4.90 Å². The van der Waals surface area contributed by atoms with Gasteiger partial charge in [0, 0.05) is 31.5 Å². The zero-order valence-corrected chi connectivity index (χ0v) is 13.4. The summed E-state index contributed by atoms with van der Waals surface area (Å²) in [4.78, 5) is 6.73. The highest BCUT2D eigenvalue weighted by molar-refractivity contribution is 5.88. The molecule has 23 heavy (non-hydrogen) atoms. The van der Waals surface area contributed by atoms with Gasteiger partial charge in [-0.2, -0.15) is 0 Å². The van der Waals surface area contributed by atoms with Crippen LogP contribution in [0, 0.1) is 0 Å². The highest BCUT2D eigenvalue weighted by atomic mass is 16.5. The van der Waals surface area contributed by atoms with Gasteiger partial charge in [0.1, 0.15) is 5.82 Å². The van der Waals surface area contributed by atoms with Crippen LogP contribution in [0.4, 0.5) is 22.7 Å².